The van der Waals surface area contributed by atoms with Gasteiger partial charge in [0.05, 0.1) is 6.10 Å². The van der Waals surface area contributed by atoms with Gasteiger partial charge in [-0.05, 0) is 43.2 Å². The van der Waals surface area contributed by atoms with Gasteiger partial charge in [-0.1, -0.05) is 163 Å². The van der Waals surface area contributed by atoms with E-state index < -0.39 is 16.6 Å². The number of rotatable bonds is 10. The number of benzene rings is 4. The summed E-state index contributed by atoms with van der Waals surface area (Å²) >= 11 is 0. The van der Waals surface area contributed by atoms with E-state index >= 15 is 0 Å². The van der Waals surface area contributed by atoms with Crippen molar-refractivity contribution in [3.05, 3.63) is 121 Å². The van der Waals surface area contributed by atoms with Crippen molar-refractivity contribution in [2.45, 2.75) is 64.1 Å². The number of aliphatic hydroxyl groups excluding tert-OH is 1. The van der Waals surface area contributed by atoms with Gasteiger partial charge in [-0.2, -0.15) is 0 Å². The second kappa shape index (κ2) is 12.7. The first-order valence-corrected chi connectivity index (χ1v) is 19.5. The summed E-state index contributed by atoms with van der Waals surface area (Å²) in [4.78, 5) is 0. The third-order valence-corrected chi connectivity index (χ3v) is 19.5. The molecule has 3 atom stereocenters. The van der Waals surface area contributed by atoms with Gasteiger partial charge in [-0.15, -0.1) is 0 Å². The molecular formula is C38H48O3Si2. The van der Waals surface area contributed by atoms with Gasteiger partial charge in [0.15, 0.2) is 0 Å². The number of hydrogen-bond acceptors (Lipinski definition) is 3. The first-order chi connectivity index (χ1) is 20.5. The smallest absolute Gasteiger partial charge is 0.261 e. The normalized spacial score (nSPS) is 19.6. The zero-order valence-corrected chi connectivity index (χ0v) is 28.7. The fraction of sp³-hybridized carbons (Fsp3) is 0.368. The van der Waals surface area contributed by atoms with Crippen molar-refractivity contribution in [1.82, 2.24) is 0 Å². The molecule has 0 radical (unpaired) electrons. The molecule has 0 saturated heterocycles. The largest absolute Gasteiger partial charge is 0.407 e. The molecule has 4 aromatic rings. The lowest BCUT2D eigenvalue weighted by Crippen LogP contribution is -2.68. The van der Waals surface area contributed by atoms with E-state index in [2.05, 4.69) is 163 Å². The minimum Gasteiger partial charge on any atom is -0.407 e. The van der Waals surface area contributed by atoms with E-state index in [9.17, 15) is 5.11 Å². The van der Waals surface area contributed by atoms with E-state index in [1.807, 2.05) is 0 Å². The molecule has 1 N–H and O–H groups in total. The Kier molecular flexibility index (Phi) is 9.31. The monoisotopic (exact) mass is 608 g/mol. The maximum atomic E-state index is 11.1. The molecule has 226 valence electrons. The Morgan fingerprint density at radius 1 is 0.535 bits per heavy atom. The van der Waals surface area contributed by atoms with Gasteiger partial charge in [-0.25, -0.2) is 0 Å². The molecule has 0 aromatic heterocycles. The molecule has 1 aliphatic rings. The van der Waals surface area contributed by atoms with Crippen molar-refractivity contribution in [3.8, 4) is 0 Å². The van der Waals surface area contributed by atoms with Gasteiger partial charge in [-0.3, -0.25) is 0 Å². The first kappa shape index (κ1) is 31.6. The summed E-state index contributed by atoms with van der Waals surface area (Å²) in [6.07, 6.45) is 0.360. The van der Waals surface area contributed by atoms with Crippen LogP contribution >= 0.6 is 0 Å². The molecule has 5 rings (SSSR count). The molecule has 0 amide bonds. The van der Waals surface area contributed by atoms with Crippen LogP contribution in [0.2, 0.25) is 10.1 Å². The minimum absolute atomic E-state index is 0.0277. The second-order valence-electron chi connectivity index (χ2n) is 14.2. The molecule has 0 aliphatic heterocycles. The van der Waals surface area contributed by atoms with Crippen LogP contribution in [-0.4, -0.2) is 41.1 Å². The molecule has 3 nitrogen and oxygen atoms in total. The van der Waals surface area contributed by atoms with E-state index in [1.165, 1.54) is 20.7 Å². The highest BCUT2D eigenvalue weighted by Gasteiger charge is 2.54. The Labute approximate surface area is 261 Å². The summed E-state index contributed by atoms with van der Waals surface area (Å²) in [5.74, 6) is 0.259. The Hall–Kier alpha value is -2.81. The Morgan fingerprint density at radius 3 is 1.12 bits per heavy atom. The molecule has 1 saturated carbocycles. The highest BCUT2D eigenvalue weighted by Crippen LogP contribution is 2.42. The van der Waals surface area contributed by atoms with Gasteiger partial charge in [0, 0.05) is 19.1 Å². The van der Waals surface area contributed by atoms with Crippen molar-refractivity contribution in [3.63, 3.8) is 0 Å². The van der Waals surface area contributed by atoms with Crippen molar-refractivity contribution < 1.29 is 14.0 Å². The van der Waals surface area contributed by atoms with Crippen LogP contribution in [-0.2, 0) is 8.85 Å². The van der Waals surface area contributed by atoms with Crippen molar-refractivity contribution in [2.24, 2.45) is 11.8 Å². The summed E-state index contributed by atoms with van der Waals surface area (Å²) in [5, 5.41) is 16.0. The third-order valence-electron chi connectivity index (χ3n) is 9.48. The number of aliphatic hydroxyl groups is 1. The molecule has 1 aliphatic carbocycles. The average Bonchev–Trinajstić information content (AvgIpc) is 2.99. The molecule has 0 bridgehead atoms. The molecule has 43 heavy (non-hydrogen) atoms. The van der Waals surface area contributed by atoms with Crippen LogP contribution in [0.15, 0.2) is 121 Å². The van der Waals surface area contributed by atoms with Crippen LogP contribution in [0.5, 0.6) is 0 Å². The van der Waals surface area contributed by atoms with Gasteiger partial charge in [0.25, 0.3) is 16.6 Å². The van der Waals surface area contributed by atoms with Crippen molar-refractivity contribution >= 4 is 37.4 Å². The Bertz CT molecular complexity index is 1350. The zero-order chi connectivity index (χ0) is 30.7. The van der Waals surface area contributed by atoms with Crippen LogP contribution in [0.25, 0.3) is 0 Å². The number of hydrogen-bond donors (Lipinski definition) is 1. The predicted octanol–water partition coefficient (Wildman–Crippen LogP) is 6.14. The van der Waals surface area contributed by atoms with E-state index in [1.54, 1.807) is 0 Å². The molecule has 0 spiro atoms. The highest BCUT2D eigenvalue weighted by molar-refractivity contribution is 7.00. The lowest BCUT2D eigenvalue weighted by atomic mass is 9.72. The summed E-state index contributed by atoms with van der Waals surface area (Å²) < 4.78 is 14.6. The molecular weight excluding hydrogens is 561 g/mol. The van der Waals surface area contributed by atoms with Gasteiger partial charge >= 0.3 is 0 Å². The fourth-order valence-electron chi connectivity index (χ4n) is 7.19. The lowest BCUT2D eigenvalue weighted by Gasteiger charge is -2.49. The molecule has 1 fully saturated rings. The van der Waals surface area contributed by atoms with Gasteiger partial charge < -0.3 is 14.0 Å². The standard InChI is InChI=1S/C38H48O3Si2/c1-37(2,3)42(31-19-11-7-12-20-31,32-21-13-8-14-22-32)40-28-30-27-36(39)35(30)29-41-43(38(4,5)6,33-23-15-9-16-24-33)34-25-17-10-18-26-34/h7-26,30,35-36,39H,27-29H2,1-6H3/t30-,35-,36-/m1/s1. The highest BCUT2D eigenvalue weighted by atomic mass is 28.4. The van der Waals surface area contributed by atoms with Gasteiger partial charge in [0.2, 0.25) is 0 Å². The average molecular weight is 609 g/mol. The molecule has 5 heteroatoms. The van der Waals surface area contributed by atoms with Crippen molar-refractivity contribution in [2.75, 3.05) is 13.2 Å². The quantitative estimate of drug-likeness (QED) is 0.220. The molecule has 4 aromatic carbocycles. The topological polar surface area (TPSA) is 38.7 Å². The maximum absolute atomic E-state index is 11.1. The fourth-order valence-corrected chi connectivity index (χ4v) is 16.4. The SMILES string of the molecule is CC(C)(C)[Si](OC[C@H]1C[C@@H](O)[C@@H]1CO[Si](c1ccccc1)(c1ccccc1)C(C)(C)C)(c1ccccc1)c1ccccc1. The van der Waals surface area contributed by atoms with E-state index in [0.717, 1.165) is 6.42 Å². The van der Waals surface area contributed by atoms with Gasteiger partial charge in [0.1, 0.15) is 0 Å². The second-order valence-corrected chi connectivity index (χ2v) is 22.8. The summed E-state index contributed by atoms with van der Waals surface area (Å²) in [7, 11) is -5.35. The Balaban J connectivity index is 1.45. The van der Waals surface area contributed by atoms with Crippen molar-refractivity contribution in [1.29, 1.82) is 0 Å². The first-order valence-electron chi connectivity index (χ1n) is 15.7. The maximum Gasteiger partial charge on any atom is 0.261 e. The van der Waals surface area contributed by atoms with Crippen LogP contribution in [0.4, 0.5) is 0 Å². The summed E-state index contributed by atoms with van der Waals surface area (Å²) in [6.45, 7) is 15.0. The van der Waals surface area contributed by atoms with Crippen LogP contribution < -0.4 is 20.7 Å². The van der Waals surface area contributed by atoms with Crippen LogP contribution in [0.1, 0.15) is 48.0 Å². The van der Waals surface area contributed by atoms with E-state index in [-0.39, 0.29) is 28.0 Å². The summed E-state index contributed by atoms with van der Waals surface area (Å²) in [6, 6.07) is 43.2. The molecule has 0 unspecified atom stereocenters. The lowest BCUT2D eigenvalue weighted by molar-refractivity contribution is -0.0723. The van der Waals surface area contributed by atoms with E-state index in [4.69, 9.17) is 8.85 Å². The third kappa shape index (κ3) is 5.98. The van der Waals surface area contributed by atoms with E-state index in [0.29, 0.717) is 13.2 Å². The predicted molar refractivity (Wildman–Crippen MR) is 185 cm³/mol. The summed E-state index contributed by atoms with van der Waals surface area (Å²) in [5.41, 5.74) is 0. The van der Waals surface area contributed by atoms with Crippen LogP contribution in [0, 0.1) is 11.8 Å². The van der Waals surface area contributed by atoms with Crippen LogP contribution in [0.3, 0.4) is 0 Å². The minimum atomic E-state index is -2.69. The molecule has 0 heterocycles. The zero-order valence-electron chi connectivity index (χ0n) is 26.7. The Morgan fingerprint density at radius 2 is 0.837 bits per heavy atom.